The van der Waals surface area contributed by atoms with Crippen molar-refractivity contribution in [3.63, 3.8) is 0 Å². The number of carbonyl (C=O) groups is 1. The lowest BCUT2D eigenvalue weighted by molar-refractivity contribution is -0.126. The highest BCUT2D eigenvalue weighted by Gasteiger charge is 2.36. The predicted octanol–water partition coefficient (Wildman–Crippen LogP) is 2.34. The van der Waals surface area contributed by atoms with E-state index in [1.54, 1.807) is 34.8 Å². The van der Waals surface area contributed by atoms with E-state index in [-0.39, 0.29) is 12.3 Å². The number of nitrogens with zero attached hydrogens (tertiary/aromatic N) is 2. The molecule has 136 valence electrons. The van der Waals surface area contributed by atoms with E-state index in [4.69, 9.17) is 9.26 Å². The number of nitrogens with one attached hydrogen (secondary N) is 1. The lowest BCUT2D eigenvalue weighted by Gasteiger charge is -2.38. The highest BCUT2D eigenvalue weighted by atomic mass is 16.5. The van der Waals surface area contributed by atoms with Crippen LogP contribution in [0.25, 0.3) is 11.4 Å². The Labute approximate surface area is 147 Å². The summed E-state index contributed by atoms with van der Waals surface area (Å²) < 4.78 is 10.3. The van der Waals surface area contributed by atoms with Gasteiger partial charge in [0.15, 0.2) is 0 Å². The van der Waals surface area contributed by atoms with Crippen LogP contribution in [-0.4, -0.2) is 39.4 Å². The molecule has 7 nitrogen and oxygen atoms in total. The topological polar surface area (TPSA) is 97.5 Å². The molecule has 1 heterocycles. The van der Waals surface area contributed by atoms with Gasteiger partial charge in [-0.05, 0) is 52.0 Å². The molecule has 1 aromatic heterocycles. The van der Waals surface area contributed by atoms with Gasteiger partial charge in [0.1, 0.15) is 5.75 Å². The number of amides is 1. The van der Waals surface area contributed by atoms with Gasteiger partial charge in [0.25, 0.3) is 0 Å². The molecule has 2 N–H and O–H groups in total. The molecule has 0 saturated carbocycles. The minimum Gasteiger partial charge on any atom is -0.497 e. The van der Waals surface area contributed by atoms with Gasteiger partial charge in [-0.3, -0.25) is 4.79 Å². The van der Waals surface area contributed by atoms with Crippen molar-refractivity contribution < 1.29 is 19.2 Å². The maximum atomic E-state index is 12.1. The molecule has 7 heteroatoms. The highest BCUT2D eigenvalue weighted by Crippen LogP contribution is 2.21. The molecule has 1 aromatic carbocycles. The van der Waals surface area contributed by atoms with E-state index in [1.165, 1.54) is 0 Å². The molecule has 0 aliphatic carbocycles. The zero-order valence-electron chi connectivity index (χ0n) is 15.3. The third kappa shape index (κ3) is 4.79. The first-order chi connectivity index (χ1) is 11.6. The van der Waals surface area contributed by atoms with Crippen LogP contribution in [0, 0.1) is 0 Å². The number of aromatic nitrogens is 2. The van der Waals surface area contributed by atoms with Crippen molar-refractivity contribution in [1.82, 2.24) is 15.5 Å². The number of methoxy groups -OCH3 is 1. The molecular weight excluding hydrogens is 322 g/mol. The summed E-state index contributed by atoms with van der Waals surface area (Å²) in [4.78, 5) is 16.4. The van der Waals surface area contributed by atoms with E-state index >= 15 is 0 Å². The first-order valence-corrected chi connectivity index (χ1v) is 8.13. The molecule has 0 radical (unpaired) electrons. The minimum absolute atomic E-state index is 0.184. The molecule has 0 atom stereocenters. The van der Waals surface area contributed by atoms with Gasteiger partial charge in [0.05, 0.1) is 18.2 Å². The van der Waals surface area contributed by atoms with Gasteiger partial charge in [-0.15, -0.1) is 0 Å². The summed E-state index contributed by atoms with van der Waals surface area (Å²) in [5.74, 6) is 1.42. The van der Waals surface area contributed by atoms with Crippen molar-refractivity contribution in [3.8, 4) is 17.1 Å². The smallest absolute Gasteiger partial charge is 0.227 e. The predicted molar refractivity (Wildman–Crippen MR) is 93.1 cm³/mol. The average molecular weight is 347 g/mol. The molecule has 25 heavy (non-hydrogen) atoms. The Bertz CT molecular complexity index is 715. The van der Waals surface area contributed by atoms with E-state index < -0.39 is 11.1 Å². The van der Waals surface area contributed by atoms with Crippen LogP contribution < -0.4 is 10.1 Å². The van der Waals surface area contributed by atoms with E-state index in [9.17, 15) is 9.90 Å². The third-order valence-electron chi connectivity index (χ3n) is 4.36. The summed E-state index contributed by atoms with van der Waals surface area (Å²) in [5, 5.41) is 16.8. The highest BCUT2D eigenvalue weighted by molar-refractivity contribution is 5.77. The van der Waals surface area contributed by atoms with Crippen LogP contribution in [0.3, 0.4) is 0 Å². The zero-order chi connectivity index (χ0) is 18.7. The normalized spacial score (nSPS) is 12.1. The van der Waals surface area contributed by atoms with Crippen LogP contribution in [0.4, 0.5) is 0 Å². The second kappa shape index (κ2) is 7.23. The van der Waals surface area contributed by atoms with Crippen LogP contribution in [0.2, 0.25) is 0 Å². The second-order valence-electron chi connectivity index (χ2n) is 6.97. The number of rotatable bonds is 7. The number of ether oxygens (including phenoxy) is 1. The van der Waals surface area contributed by atoms with Gasteiger partial charge >= 0.3 is 0 Å². The average Bonchev–Trinajstić information content (AvgIpc) is 3.00. The number of hydrogen-bond donors (Lipinski definition) is 2. The van der Waals surface area contributed by atoms with Gasteiger partial charge < -0.3 is 19.7 Å². The lowest BCUT2D eigenvalue weighted by atomic mass is 9.86. The van der Waals surface area contributed by atoms with Gasteiger partial charge in [0, 0.05) is 18.4 Å². The summed E-state index contributed by atoms with van der Waals surface area (Å²) in [6, 6.07) is 7.31. The molecule has 0 spiro atoms. The Morgan fingerprint density at radius 1 is 1.24 bits per heavy atom. The van der Waals surface area contributed by atoms with E-state index in [1.807, 2.05) is 24.3 Å². The van der Waals surface area contributed by atoms with Crippen LogP contribution in [0.1, 0.15) is 40.0 Å². The van der Waals surface area contributed by atoms with Crippen molar-refractivity contribution in [2.24, 2.45) is 0 Å². The quantitative estimate of drug-likeness (QED) is 0.798. The molecule has 0 fully saturated rings. The number of benzene rings is 1. The molecule has 0 bridgehead atoms. The number of aliphatic hydroxyl groups is 1. The van der Waals surface area contributed by atoms with Gasteiger partial charge in [0.2, 0.25) is 17.6 Å². The number of carbonyl (C=O) groups excluding carboxylic acids is 1. The molecule has 0 unspecified atom stereocenters. The maximum Gasteiger partial charge on any atom is 0.227 e. The first kappa shape index (κ1) is 18.9. The van der Waals surface area contributed by atoms with Crippen LogP contribution in [0.5, 0.6) is 5.75 Å². The Kier molecular flexibility index (Phi) is 5.47. The van der Waals surface area contributed by atoms with E-state index in [2.05, 4.69) is 15.5 Å². The maximum absolute atomic E-state index is 12.1. The molecule has 0 aliphatic heterocycles. The summed E-state index contributed by atoms with van der Waals surface area (Å²) in [6.07, 6.45) is 0.528. The third-order valence-corrected chi connectivity index (χ3v) is 4.36. The van der Waals surface area contributed by atoms with Crippen molar-refractivity contribution in [2.75, 3.05) is 7.11 Å². The first-order valence-electron chi connectivity index (χ1n) is 8.13. The van der Waals surface area contributed by atoms with Crippen LogP contribution in [-0.2, 0) is 11.2 Å². The van der Waals surface area contributed by atoms with Crippen LogP contribution in [0.15, 0.2) is 28.8 Å². The van der Waals surface area contributed by atoms with Crippen molar-refractivity contribution >= 4 is 5.91 Å². The lowest BCUT2D eigenvalue weighted by Crippen LogP contribution is -2.57. The van der Waals surface area contributed by atoms with Crippen molar-refractivity contribution in [1.29, 1.82) is 0 Å². The summed E-state index contributed by atoms with van der Waals surface area (Å²) >= 11 is 0. The van der Waals surface area contributed by atoms with E-state index in [0.29, 0.717) is 18.1 Å². The monoisotopic (exact) mass is 347 g/mol. The van der Waals surface area contributed by atoms with Gasteiger partial charge in [-0.25, -0.2) is 0 Å². The number of hydrogen-bond acceptors (Lipinski definition) is 6. The largest absolute Gasteiger partial charge is 0.497 e. The Morgan fingerprint density at radius 2 is 1.88 bits per heavy atom. The summed E-state index contributed by atoms with van der Waals surface area (Å²) in [5.41, 5.74) is -0.967. The van der Waals surface area contributed by atoms with Crippen LogP contribution >= 0.6 is 0 Å². The Hall–Kier alpha value is -2.41. The minimum atomic E-state index is -1.03. The molecule has 1 amide bonds. The Morgan fingerprint density at radius 3 is 2.44 bits per heavy atom. The van der Waals surface area contributed by atoms with Crippen molar-refractivity contribution in [3.05, 3.63) is 30.2 Å². The molecule has 0 aliphatic rings. The molecule has 0 saturated heterocycles. The summed E-state index contributed by atoms with van der Waals surface area (Å²) in [7, 11) is 1.60. The fourth-order valence-electron chi connectivity index (χ4n) is 2.00. The van der Waals surface area contributed by atoms with Crippen molar-refractivity contribution in [2.45, 2.75) is 51.7 Å². The number of aryl methyl sites for hydroxylation is 1. The van der Waals surface area contributed by atoms with Gasteiger partial charge in [-0.1, -0.05) is 5.16 Å². The molecular formula is C18H25N3O4. The SMILES string of the molecule is COc1ccc(-c2noc(CCC(=O)NC(C)(C)C(C)(C)O)n2)cc1. The van der Waals surface area contributed by atoms with Gasteiger partial charge in [-0.2, -0.15) is 4.98 Å². The van der Waals surface area contributed by atoms with E-state index in [0.717, 1.165) is 11.3 Å². The Balaban J connectivity index is 1.94. The molecule has 2 aromatic rings. The zero-order valence-corrected chi connectivity index (χ0v) is 15.3. The molecule has 2 rings (SSSR count). The fraction of sp³-hybridized carbons (Fsp3) is 0.500. The summed E-state index contributed by atoms with van der Waals surface area (Å²) in [6.45, 7) is 6.87. The second-order valence-corrected chi connectivity index (χ2v) is 6.97. The fourth-order valence-corrected chi connectivity index (χ4v) is 2.00. The standard InChI is InChI=1S/C18H25N3O4/c1-17(2,18(3,4)23)20-14(22)10-11-15-19-16(21-25-15)12-6-8-13(24-5)9-7-12/h6-9,23H,10-11H2,1-5H3,(H,20,22).